The van der Waals surface area contributed by atoms with E-state index in [1.165, 1.54) is 13.2 Å². The summed E-state index contributed by atoms with van der Waals surface area (Å²) in [6.07, 6.45) is 0.0680. The van der Waals surface area contributed by atoms with Gasteiger partial charge in [-0.15, -0.1) is 0 Å². The summed E-state index contributed by atoms with van der Waals surface area (Å²) in [5.74, 6) is -1.93. The first kappa shape index (κ1) is 18.4. The fourth-order valence-corrected chi connectivity index (χ4v) is 3.20. The van der Waals surface area contributed by atoms with E-state index in [1.807, 2.05) is 12.1 Å². The number of carboxylic acid groups (broad SMARTS) is 1. The van der Waals surface area contributed by atoms with E-state index in [-0.39, 0.29) is 29.5 Å². The topological polar surface area (TPSA) is 105 Å². The van der Waals surface area contributed by atoms with Crippen molar-refractivity contribution in [3.05, 3.63) is 59.2 Å². The van der Waals surface area contributed by atoms with E-state index in [2.05, 4.69) is 10.6 Å². The number of carbonyl (C=O) groups is 3. The fourth-order valence-electron chi connectivity index (χ4n) is 3.20. The van der Waals surface area contributed by atoms with Gasteiger partial charge in [-0.1, -0.05) is 24.3 Å². The third-order valence-corrected chi connectivity index (χ3v) is 4.63. The Labute approximate surface area is 156 Å². The molecule has 0 aromatic heterocycles. The summed E-state index contributed by atoms with van der Waals surface area (Å²) in [6, 6.07) is 11.5. The van der Waals surface area contributed by atoms with Gasteiger partial charge >= 0.3 is 5.97 Å². The van der Waals surface area contributed by atoms with Crippen LogP contribution >= 0.6 is 0 Å². The highest BCUT2D eigenvalue weighted by Crippen LogP contribution is 2.33. The van der Waals surface area contributed by atoms with Gasteiger partial charge in [-0.25, -0.2) is 4.79 Å². The van der Waals surface area contributed by atoms with Crippen molar-refractivity contribution in [3.8, 4) is 5.75 Å². The number of benzene rings is 2. The van der Waals surface area contributed by atoms with E-state index in [9.17, 15) is 19.5 Å². The summed E-state index contributed by atoms with van der Waals surface area (Å²) in [5.41, 5.74) is 2.07. The molecule has 3 N–H and O–H groups in total. The molecule has 7 nitrogen and oxygen atoms in total. The Morgan fingerprint density at radius 1 is 1.26 bits per heavy atom. The van der Waals surface area contributed by atoms with Crippen LogP contribution in [0.1, 0.15) is 46.8 Å². The number of carbonyl (C=O) groups excluding carboxylic acids is 2. The summed E-state index contributed by atoms with van der Waals surface area (Å²) >= 11 is 0. The number of anilines is 1. The number of nitrogens with one attached hydrogen (secondary N) is 2. The van der Waals surface area contributed by atoms with Gasteiger partial charge in [0.05, 0.1) is 19.1 Å². The minimum absolute atomic E-state index is 0.0264. The summed E-state index contributed by atoms with van der Waals surface area (Å²) in [6.45, 7) is 1.76. The van der Waals surface area contributed by atoms with Gasteiger partial charge in [0.2, 0.25) is 11.8 Å². The van der Waals surface area contributed by atoms with Gasteiger partial charge in [0, 0.05) is 12.1 Å². The van der Waals surface area contributed by atoms with E-state index >= 15 is 0 Å². The Balaban J connectivity index is 1.81. The zero-order chi connectivity index (χ0) is 19.6. The molecule has 0 aliphatic carbocycles. The minimum Gasteiger partial charge on any atom is -0.496 e. The van der Waals surface area contributed by atoms with Crippen molar-refractivity contribution in [1.29, 1.82) is 0 Å². The Kier molecular flexibility index (Phi) is 5.12. The number of aromatic carboxylic acids is 1. The van der Waals surface area contributed by atoms with Crippen molar-refractivity contribution in [2.45, 2.75) is 25.3 Å². The third-order valence-electron chi connectivity index (χ3n) is 4.63. The minimum atomic E-state index is -1.11. The second-order valence-electron chi connectivity index (χ2n) is 6.39. The molecule has 1 heterocycles. The first-order chi connectivity index (χ1) is 12.9. The molecule has 2 amide bonds. The standard InChI is InChI=1S/C20H20N2O5/c1-11(12-7-8-17(27-2)15(9-12)20(25)26)21-19(24)14-10-18(23)22-16-6-4-3-5-13(14)16/h3-9,11,14H,10H2,1-2H3,(H,21,24)(H,22,23)(H,25,26)/t11-,14?/m0/s1. The van der Waals surface area contributed by atoms with Crippen LogP contribution in [-0.2, 0) is 9.59 Å². The highest BCUT2D eigenvalue weighted by molar-refractivity contribution is 6.01. The van der Waals surface area contributed by atoms with Crippen molar-refractivity contribution in [2.24, 2.45) is 0 Å². The molecule has 2 aromatic rings. The highest BCUT2D eigenvalue weighted by atomic mass is 16.5. The van der Waals surface area contributed by atoms with Gasteiger partial charge in [-0.05, 0) is 36.2 Å². The van der Waals surface area contributed by atoms with Crippen LogP contribution in [0.15, 0.2) is 42.5 Å². The maximum absolute atomic E-state index is 12.8. The van der Waals surface area contributed by atoms with E-state index in [1.54, 1.807) is 31.2 Å². The van der Waals surface area contributed by atoms with Gasteiger partial charge in [0.25, 0.3) is 0 Å². The lowest BCUT2D eigenvalue weighted by molar-refractivity contribution is -0.126. The number of hydrogen-bond acceptors (Lipinski definition) is 4. The molecule has 2 atom stereocenters. The maximum Gasteiger partial charge on any atom is 0.339 e. The molecule has 1 aliphatic rings. The lowest BCUT2D eigenvalue weighted by Gasteiger charge is -2.26. The molecule has 1 aliphatic heterocycles. The largest absolute Gasteiger partial charge is 0.496 e. The smallest absolute Gasteiger partial charge is 0.339 e. The van der Waals surface area contributed by atoms with Crippen molar-refractivity contribution in [1.82, 2.24) is 5.32 Å². The molecule has 140 valence electrons. The number of para-hydroxylation sites is 1. The zero-order valence-electron chi connectivity index (χ0n) is 15.0. The zero-order valence-corrected chi connectivity index (χ0v) is 15.0. The Hall–Kier alpha value is -3.35. The number of ether oxygens (including phenoxy) is 1. The van der Waals surface area contributed by atoms with Crippen molar-refractivity contribution >= 4 is 23.5 Å². The SMILES string of the molecule is COc1ccc([C@H](C)NC(=O)C2CC(=O)Nc3ccccc32)cc1C(=O)O. The lowest BCUT2D eigenvalue weighted by atomic mass is 9.89. The van der Waals surface area contributed by atoms with Crippen molar-refractivity contribution in [3.63, 3.8) is 0 Å². The molecule has 0 bridgehead atoms. The van der Waals surface area contributed by atoms with Crippen LogP contribution in [0.3, 0.4) is 0 Å². The molecule has 0 radical (unpaired) electrons. The normalized spacial score (nSPS) is 16.7. The predicted molar refractivity (Wildman–Crippen MR) is 98.9 cm³/mol. The third kappa shape index (κ3) is 3.76. The van der Waals surface area contributed by atoms with Crippen LogP contribution < -0.4 is 15.4 Å². The first-order valence-corrected chi connectivity index (χ1v) is 8.51. The summed E-state index contributed by atoms with van der Waals surface area (Å²) in [4.78, 5) is 36.1. The molecule has 0 spiro atoms. The number of hydrogen-bond donors (Lipinski definition) is 3. The average Bonchev–Trinajstić information content (AvgIpc) is 2.66. The Morgan fingerprint density at radius 2 is 2.00 bits per heavy atom. The summed E-state index contributed by atoms with van der Waals surface area (Å²) < 4.78 is 5.06. The molecular formula is C20H20N2O5. The maximum atomic E-state index is 12.8. The Bertz CT molecular complexity index is 909. The number of fused-ring (bicyclic) bond motifs is 1. The van der Waals surface area contributed by atoms with Crippen LogP contribution in [0.4, 0.5) is 5.69 Å². The van der Waals surface area contributed by atoms with E-state index < -0.39 is 17.9 Å². The monoisotopic (exact) mass is 368 g/mol. The van der Waals surface area contributed by atoms with Crippen LogP contribution in [-0.4, -0.2) is 30.0 Å². The number of amides is 2. The first-order valence-electron chi connectivity index (χ1n) is 8.51. The van der Waals surface area contributed by atoms with Gasteiger partial charge in [-0.2, -0.15) is 0 Å². The predicted octanol–water partition coefficient (Wildman–Crippen LogP) is 2.70. The Morgan fingerprint density at radius 3 is 2.70 bits per heavy atom. The second-order valence-corrected chi connectivity index (χ2v) is 6.39. The second kappa shape index (κ2) is 7.49. The van der Waals surface area contributed by atoms with Crippen molar-refractivity contribution in [2.75, 3.05) is 12.4 Å². The number of rotatable bonds is 5. The van der Waals surface area contributed by atoms with Crippen LogP contribution in [0.25, 0.3) is 0 Å². The molecule has 27 heavy (non-hydrogen) atoms. The highest BCUT2D eigenvalue weighted by Gasteiger charge is 2.31. The van der Waals surface area contributed by atoms with Gasteiger partial charge in [-0.3, -0.25) is 9.59 Å². The molecule has 0 saturated carbocycles. The van der Waals surface area contributed by atoms with E-state index in [0.717, 1.165) is 5.56 Å². The summed E-state index contributed by atoms with van der Waals surface area (Å²) in [7, 11) is 1.40. The molecule has 2 aromatic carbocycles. The number of methoxy groups -OCH3 is 1. The molecule has 0 saturated heterocycles. The van der Waals surface area contributed by atoms with Crippen LogP contribution in [0.2, 0.25) is 0 Å². The molecule has 1 unspecified atom stereocenters. The lowest BCUT2D eigenvalue weighted by Crippen LogP contribution is -2.36. The summed E-state index contributed by atoms with van der Waals surface area (Å²) in [5, 5.41) is 15.0. The van der Waals surface area contributed by atoms with Gasteiger partial charge in [0.15, 0.2) is 0 Å². The van der Waals surface area contributed by atoms with Crippen LogP contribution in [0, 0.1) is 0 Å². The number of carboxylic acids is 1. The van der Waals surface area contributed by atoms with Gasteiger partial charge in [0.1, 0.15) is 11.3 Å². The van der Waals surface area contributed by atoms with E-state index in [0.29, 0.717) is 11.3 Å². The molecular weight excluding hydrogens is 348 g/mol. The molecule has 3 rings (SSSR count). The molecule has 7 heteroatoms. The molecule has 0 fully saturated rings. The van der Waals surface area contributed by atoms with E-state index in [4.69, 9.17) is 4.74 Å². The average molecular weight is 368 g/mol. The van der Waals surface area contributed by atoms with Crippen LogP contribution in [0.5, 0.6) is 5.75 Å². The quantitative estimate of drug-likeness (QED) is 0.753. The van der Waals surface area contributed by atoms with Gasteiger partial charge < -0.3 is 20.5 Å². The van der Waals surface area contributed by atoms with Crippen molar-refractivity contribution < 1.29 is 24.2 Å². The fraction of sp³-hybridized carbons (Fsp3) is 0.250.